The summed E-state index contributed by atoms with van der Waals surface area (Å²) in [6.45, 7) is 6.62. The number of ether oxygens (including phenoxy) is 2. The molecule has 0 saturated carbocycles. The zero-order chi connectivity index (χ0) is 20.3. The number of benzene rings is 1. The number of hydrogen-bond acceptors (Lipinski definition) is 5. The van der Waals surface area contributed by atoms with Gasteiger partial charge < -0.3 is 23.0 Å². The largest absolute Gasteiger partial charge is 0.427 e. The molecular weight excluding hydrogens is 469 g/mol. The number of rotatable bonds is 6. The molecule has 2 N–H and O–H groups in total. The van der Waals surface area contributed by atoms with E-state index in [0.29, 0.717) is 0 Å². The van der Waals surface area contributed by atoms with Gasteiger partial charge in [-0.1, -0.05) is 18.2 Å². The summed E-state index contributed by atoms with van der Waals surface area (Å²) >= 11 is 1.92. The molecule has 2 aliphatic rings. The minimum Gasteiger partial charge on any atom is -0.427 e. The van der Waals surface area contributed by atoms with Crippen LogP contribution >= 0.6 is 23.0 Å². The highest BCUT2D eigenvalue weighted by Gasteiger charge is 2.27. The van der Waals surface area contributed by atoms with Gasteiger partial charge in [0.25, 0.3) is 0 Å². The number of anilines is 1. The summed E-state index contributed by atoms with van der Waals surface area (Å²) in [7, 11) is 1.62. The number of hydrogen-bond donors (Lipinski definition) is 2. The standard InChI is InChI=1S/C22H28INO4/c1-14-11-22(2,3)24-19-9-8-16(18(12-25)21(14)19)17-7-5-15(27-13-26-4)6-10-20(17)28-23/h7-11,15,24-25H,5-6,12-13H2,1-4H3/t15-/m0/s1. The van der Waals surface area contributed by atoms with Crippen molar-refractivity contribution in [2.24, 2.45) is 0 Å². The van der Waals surface area contributed by atoms with Gasteiger partial charge in [-0.05, 0) is 62.5 Å². The van der Waals surface area contributed by atoms with Gasteiger partial charge >= 0.3 is 0 Å². The molecule has 0 aromatic heterocycles. The zero-order valence-electron chi connectivity index (χ0n) is 16.8. The van der Waals surface area contributed by atoms with E-state index in [1.165, 1.54) is 5.57 Å². The van der Waals surface area contributed by atoms with Gasteiger partial charge in [0.15, 0.2) is 23.0 Å². The van der Waals surface area contributed by atoms with Gasteiger partial charge in [0.1, 0.15) is 12.6 Å². The van der Waals surface area contributed by atoms with Crippen molar-refractivity contribution in [3.05, 3.63) is 52.8 Å². The van der Waals surface area contributed by atoms with E-state index in [4.69, 9.17) is 12.5 Å². The molecule has 152 valence electrons. The van der Waals surface area contributed by atoms with Crippen LogP contribution in [0.3, 0.4) is 0 Å². The lowest BCUT2D eigenvalue weighted by Crippen LogP contribution is -2.32. The molecule has 3 rings (SSSR count). The van der Waals surface area contributed by atoms with E-state index in [1.54, 1.807) is 7.11 Å². The van der Waals surface area contributed by atoms with Crippen LogP contribution in [0.2, 0.25) is 0 Å². The van der Waals surface area contributed by atoms with Gasteiger partial charge in [0.05, 0.1) is 18.2 Å². The Morgan fingerprint density at radius 3 is 2.68 bits per heavy atom. The smallest absolute Gasteiger partial charge is 0.192 e. The normalized spacial score (nSPS) is 20.9. The van der Waals surface area contributed by atoms with Gasteiger partial charge in [0, 0.05) is 23.9 Å². The summed E-state index contributed by atoms with van der Waals surface area (Å²) in [5.41, 5.74) is 6.07. The van der Waals surface area contributed by atoms with Gasteiger partial charge in [-0.2, -0.15) is 0 Å². The van der Waals surface area contributed by atoms with Crippen LogP contribution in [0.15, 0.2) is 36.1 Å². The van der Waals surface area contributed by atoms with Crippen molar-refractivity contribution in [3.63, 3.8) is 0 Å². The van der Waals surface area contributed by atoms with Crippen molar-refractivity contribution in [2.75, 3.05) is 19.2 Å². The van der Waals surface area contributed by atoms with Crippen LogP contribution < -0.4 is 5.32 Å². The number of aliphatic hydroxyl groups is 1. The summed E-state index contributed by atoms with van der Waals surface area (Å²) in [5, 5.41) is 13.8. The summed E-state index contributed by atoms with van der Waals surface area (Å²) in [5.74, 6) is 0.796. The first-order chi connectivity index (χ1) is 13.4. The Bertz CT molecular complexity index is 826. The Kier molecular flexibility index (Phi) is 6.85. The van der Waals surface area contributed by atoms with E-state index in [0.717, 1.165) is 46.6 Å². The first-order valence-corrected chi connectivity index (χ1v) is 10.3. The third kappa shape index (κ3) is 4.45. The highest BCUT2D eigenvalue weighted by molar-refractivity contribution is 14.1. The maximum Gasteiger partial charge on any atom is 0.192 e. The fourth-order valence-electron chi connectivity index (χ4n) is 4.03. The molecule has 0 unspecified atom stereocenters. The molecule has 28 heavy (non-hydrogen) atoms. The molecule has 0 fully saturated rings. The molecule has 0 amide bonds. The number of aliphatic hydroxyl groups excluding tert-OH is 1. The fourth-order valence-corrected chi connectivity index (χ4v) is 4.44. The van der Waals surface area contributed by atoms with Crippen molar-refractivity contribution in [3.8, 4) is 0 Å². The Morgan fingerprint density at radius 1 is 1.25 bits per heavy atom. The molecule has 1 atom stereocenters. The molecule has 0 bridgehead atoms. The molecule has 1 aliphatic carbocycles. The van der Waals surface area contributed by atoms with Crippen LogP contribution in [0.5, 0.6) is 0 Å². The molecular formula is C22H28INO4. The monoisotopic (exact) mass is 497 g/mol. The second-order valence-corrected chi connectivity index (χ2v) is 8.22. The molecule has 0 radical (unpaired) electrons. The van der Waals surface area contributed by atoms with Crippen molar-refractivity contribution in [2.45, 2.75) is 51.9 Å². The van der Waals surface area contributed by atoms with Crippen LogP contribution in [0.25, 0.3) is 11.1 Å². The van der Waals surface area contributed by atoms with Crippen molar-refractivity contribution in [1.82, 2.24) is 0 Å². The Balaban J connectivity index is 2.05. The van der Waals surface area contributed by atoms with Gasteiger partial charge in [-0.25, -0.2) is 0 Å². The molecule has 0 saturated heterocycles. The van der Waals surface area contributed by atoms with E-state index in [2.05, 4.69) is 56.4 Å². The lowest BCUT2D eigenvalue weighted by molar-refractivity contribution is -0.0689. The molecule has 1 aromatic rings. The average Bonchev–Trinajstić information content (AvgIpc) is 2.86. The third-order valence-corrected chi connectivity index (χ3v) is 5.59. The molecule has 6 heteroatoms. The van der Waals surface area contributed by atoms with Crippen LogP contribution in [0.4, 0.5) is 5.69 Å². The SMILES string of the molecule is COCO[C@@H]1CC=C(OI)C(c2ccc3c(c2CO)C(C)=CC(C)(C)N3)=CC1. The molecule has 1 aromatic carbocycles. The van der Waals surface area contributed by atoms with E-state index in [9.17, 15) is 5.11 Å². The topological polar surface area (TPSA) is 60.0 Å². The number of fused-ring (bicyclic) bond motifs is 1. The van der Waals surface area contributed by atoms with Crippen LogP contribution in [-0.4, -0.2) is 30.7 Å². The highest BCUT2D eigenvalue weighted by Crippen LogP contribution is 2.41. The minimum absolute atomic E-state index is 0.0401. The summed E-state index contributed by atoms with van der Waals surface area (Å²) in [6.07, 6.45) is 7.93. The van der Waals surface area contributed by atoms with Crippen molar-refractivity contribution in [1.29, 1.82) is 0 Å². The van der Waals surface area contributed by atoms with Crippen LogP contribution in [0, 0.1) is 0 Å². The van der Waals surface area contributed by atoms with Crippen LogP contribution in [0.1, 0.15) is 50.3 Å². The minimum atomic E-state index is -0.116. The second-order valence-electron chi connectivity index (χ2n) is 7.78. The third-order valence-electron chi connectivity index (χ3n) is 5.11. The first-order valence-electron chi connectivity index (χ1n) is 9.45. The second kappa shape index (κ2) is 8.98. The first kappa shape index (κ1) is 21.4. The predicted molar refractivity (Wildman–Crippen MR) is 121 cm³/mol. The van der Waals surface area contributed by atoms with Crippen molar-refractivity contribution >= 4 is 39.8 Å². The molecule has 1 aliphatic heterocycles. The molecule has 5 nitrogen and oxygen atoms in total. The van der Waals surface area contributed by atoms with E-state index < -0.39 is 0 Å². The molecule has 0 spiro atoms. The van der Waals surface area contributed by atoms with Crippen molar-refractivity contribution < 1.29 is 17.6 Å². The zero-order valence-corrected chi connectivity index (χ0v) is 19.0. The maximum absolute atomic E-state index is 10.3. The lowest BCUT2D eigenvalue weighted by atomic mass is 9.85. The number of nitrogens with one attached hydrogen (secondary N) is 1. The Labute approximate surface area is 181 Å². The number of allylic oxidation sites excluding steroid dienone is 2. The predicted octanol–water partition coefficient (Wildman–Crippen LogP) is 5.20. The summed E-state index contributed by atoms with van der Waals surface area (Å²) in [6, 6.07) is 4.16. The maximum atomic E-state index is 10.3. The Morgan fingerprint density at radius 2 is 2.00 bits per heavy atom. The fraction of sp³-hybridized carbons (Fsp3) is 0.455. The van der Waals surface area contributed by atoms with Crippen LogP contribution in [-0.2, 0) is 19.1 Å². The summed E-state index contributed by atoms with van der Waals surface area (Å²) < 4.78 is 16.4. The Hall–Kier alpha value is -1.35. The average molecular weight is 497 g/mol. The van der Waals surface area contributed by atoms with E-state index in [1.807, 2.05) is 23.0 Å². The quantitative estimate of drug-likeness (QED) is 0.418. The summed E-state index contributed by atoms with van der Waals surface area (Å²) in [4.78, 5) is 0. The van der Waals surface area contributed by atoms with Gasteiger partial charge in [0.2, 0.25) is 0 Å². The number of methoxy groups -OCH3 is 1. The van der Waals surface area contributed by atoms with Gasteiger partial charge in [-0.15, -0.1) is 0 Å². The molecule has 1 heterocycles. The number of halogens is 1. The van der Waals surface area contributed by atoms with E-state index >= 15 is 0 Å². The van der Waals surface area contributed by atoms with Gasteiger partial charge in [-0.3, -0.25) is 0 Å². The van der Waals surface area contributed by atoms with E-state index in [-0.39, 0.29) is 25.0 Å². The highest BCUT2D eigenvalue weighted by atomic mass is 127. The lowest BCUT2D eigenvalue weighted by Gasteiger charge is -2.33.